The van der Waals surface area contributed by atoms with Gasteiger partial charge in [-0.25, -0.2) is 0 Å². The molecule has 1 aromatic heterocycles. The average Bonchev–Trinajstić information content (AvgIpc) is 2.84. The highest BCUT2D eigenvalue weighted by molar-refractivity contribution is 9.09. The molecule has 1 aliphatic rings. The summed E-state index contributed by atoms with van der Waals surface area (Å²) in [7, 11) is 0. The molecule has 2 nitrogen and oxygen atoms in total. The van der Waals surface area contributed by atoms with Crippen molar-refractivity contribution in [1.82, 2.24) is 9.78 Å². The molecule has 0 amide bonds. The molecular weight excluding hydrogens is 276 g/mol. The van der Waals surface area contributed by atoms with Crippen molar-refractivity contribution < 1.29 is 0 Å². The number of rotatable bonds is 4. The van der Waals surface area contributed by atoms with Gasteiger partial charge in [0.1, 0.15) is 0 Å². The number of aromatic nitrogens is 2. The monoisotopic (exact) mass is 296 g/mol. The van der Waals surface area contributed by atoms with Crippen LogP contribution in [-0.2, 0) is 6.54 Å². The summed E-state index contributed by atoms with van der Waals surface area (Å²) in [5, 5.41) is 5.32. The normalized spacial score (nSPS) is 18.6. The van der Waals surface area contributed by atoms with Gasteiger partial charge >= 0.3 is 0 Å². The van der Waals surface area contributed by atoms with Crippen molar-refractivity contribution >= 4 is 22.0 Å². The van der Waals surface area contributed by atoms with E-state index in [2.05, 4.69) is 44.8 Å². The summed E-state index contributed by atoms with van der Waals surface area (Å²) in [4.78, 5) is 0. The predicted octanol–water partition coefficient (Wildman–Crippen LogP) is 4.26. The van der Waals surface area contributed by atoms with Gasteiger partial charge in [0, 0.05) is 18.1 Å². The van der Waals surface area contributed by atoms with E-state index >= 15 is 0 Å². The van der Waals surface area contributed by atoms with Crippen LogP contribution in [0.4, 0.5) is 0 Å². The summed E-state index contributed by atoms with van der Waals surface area (Å²) in [6.07, 6.45) is 11.1. The fourth-order valence-corrected chi connectivity index (χ4v) is 3.28. The van der Waals surface area contributed by atoms with E-state index in [0.717, 1.165) is 17.8 Å². The number of alkyl halides is 1. The number of nitrogens with zero attached hydrogens (tertiary/aromatic N) is 2. The molecule has 0 N–H and O–H groups in total. The summed E-state index contributed by atoms with van der Waals surface area (Å²) in [6, 6.07) is 2.11. The van der Waals surface area contributed by atoms with Gasteiger partial charge in [-0.15, -0.1) is 0 Å². The maximum absolute atomic E-state index is 4.32. The first-order valence-corrected chi connectivity index (χ1v) is 7.75. The van der Waals surface area contributed by atoms with E-state index in [4.69, 9.17) is 0 Å². The summed E-state index contributed by atoms with van der Waals surface area (Å²) in [5.74, 6) is 0.781. The van der Waals surface area contributed by atoms with E-state index < -0.39 is 0 Å². The first kappa shape index (κ1) is 12.9. The molecule has 0 atom stereocenters. The van der Waals surface area contributed by atoms with Gasteiger partial charge in [-0.2, -0.15) is 5.10 Å². The van der Waals surface area contributed by atoms with Crippen LogP contribution in [0.1, 0.15) is 44.7 Å². The lowest BCUT2D eigenvalue weighted by Crippen LogP contribution is -2.10. The third-order valence-electron chi connectivity index (χ3n) is 3.67. The molecule has 1 saturated carbocycles. The zero-order chi connectivity index (χ0) is 12.1. The van der Waals surface area contributed by atoms with Gasteiger partial charge < -0.3 is 0 Å². The second kappa shape index (κ2) is 6.39. The highest BCUT2D eigenvalue weighted by atomic mass is 79.9. The third kappa shape index (κ3) is 3.21. The van der Waals surface area contributed by atoms with E-state index in [1.54, 1.807) is 5.57 Å². The van der Waals surface area contributed by atoms with Crippen molar-refractivity contribution in [3.63, 3.8) is 0 Å². The van der Waals surface area contributed by atoms with Gasteiger partial charge in [0.25, 0.3) is 0 Å². The Bertz CT molecular complexity index is 375. The molecule has 0 spiro atoms. The SMILES string of the molecule is CCn1nccc1/C=C(/CBr)C1CCCCC1. The molecule has 0 aliphatic heterocycles. The molecule has 1 aromatic rings. The first-order chi connectivity index (χ1) is 8.35. The van der Waals surface area contributed by atoms with Crippen LogP contribution in [0.2, 0.25) is 0 Å². The first-order valence-electron chi connectivity index (χ1n) is 6.63. The van der Waals surface area contributed by atoms with E-state index in [1.807, 2.05) is 6.20 Å². The largest absolute Gasteiger partial charge is 0.266 e. The third-order valence-corrected chi connectivity index (χ3v) is 4.31. The number of allylic oxidation sites excluding steroid dienone is 1. The number of halogens is 1. The molecular formula is C14H21BrN2. The van der Waals surface area contributed by atoms with Crippen molar-refractivity contribution in [2.75, 3.05) is 5.33 Å². The number of hydrogen-bond donors (Lipinski definition) is 0. The predicted molar refractivity (Wildman–Crippen MR) is 76.2 cm³/mol. The Kier molecular flexibility index (Phi) is 4.84. The zero-order valence-corrected chi connectivity index (χ0v) is 12.1. The fourth-order valence-electron chi connectivity index (χ4n) is 2.66. The van der Waals surface area contributed by atoms with Gasteiger partial charge in [0.05, 0.1) is 5.69 Å². The van der Waals surface area contributed by atoms with Crippen molar-refractivity contribution in [3.8, 4) is 0 Å². The van der Waals surface area contributed by atoms with Crippen molar-refractivity contribution in [1.29, 1.82) is 0 Å². The van der Waals surface area contributed by atoms with E-state index in [9.17, 15) is 0 Å². The Hall–Kier alpha value is -0.570. The van der Waals surface area contributed by atoms with Gasteiger partial charge in [0.15, 0.2) is 0 Å². The molecule has 1 fully saturated rings. The van der Waals surface area contributed by atoms with Gasteiger partial charge in [-0.3, -0.25) is 4.68 Å². The molecule has 1 heterocycles. The summed E-state index contributed by atoms with van der Waals surface area (Å²) >= 11 is 3.65. The van der Waals surface area contributed by atoms with Crippen LogP contribution in [0, 0.1) is 5.92 Å². The van der Waals surface area contributed by atoms with Crippen LogP contribution in [0.25, 0.3) is 6.08 Å². The zero-order valence-electron chi connectivity index (χ0n) is 10.5. The Balaban J connectivity index is 2.16. The summed E-state index contributed by atoms with van der Waals surface area (Å²) < 4.78 is 2.06. The van der Waals surface area contributed by atoms with E-state index in [1.165, 1.54) is 37.8 Å². The maximum Gasteiger partial charge on any atom is 0.0609 e. The summed E-state index contributed by atoms with van der Waals surface area (Å²) in [6.45, 7) is 3.08. The lowest BCUT2D eigenvalue weighted by molar-refractivity contribution is 0.405. The molecule has 94 valence electrons. The highest BCUT2D eigenvalue weighted by Crippen LogP contribution is 2.31. The quantitative estimate of drug-likeness (QED) is 0.759. The molecule has 0 unspecified atom stereocenters. The molecule has 1 aliphatic carbocycles. The molecule has 2 rings (SSSR count). The lowest BCUT2D eigenvalue weighted by atomic mass is 9.84. The Morgan fingerprint density at radius 2 is 2.24 bits per heavy atom. The van der Waals surface area contributed by atoms with Crippen molar-refractivity contribution in [3.05, 3.63) is 23.5 Å². The van der Waals surface area contributed by atoms with Crippen LogP contribution >= 0.6 is 15.9 Å². The van der Waals surface area contributed by atoms with Gasteiger partial charge in [-0.05, 0) is 37.8 Å². The second-order valence-corrected chi connectivity index (χ2v) is 5.32. The van der Waals surface area contributed by atoms with E-state index in [-0.39, 0.29) is 0 Å². The van der Waals surface area contributed by atoms with Gasteiger partial charge in [0.2, 0.25) is 0 Å². The topological polar surface area (TPSA) is 17.8 Å². The molecule has 0 saturated heterocycles. The Morgan fingerprint density at radius 3 is 2.88 bits per heavy atom. The minimum atomic E-state index is 0.781. The standard InChI is InChI=1S/C14H21BrN2/c1-2-17-14(8-9-16-17)10-13(11-15)12-6-4-3-5-7-12/h8-10,12H,2-7,11H2,1H3/b13-10-. The Labute approximate surface area is 112 Å². The second-order valence-electron chi connectivity index (χ2n) is 4.76. The minimum absolute atomic E-state index is 0.781. The Morgan fingerprint density at radius 1 is 1.47 bits per heavy atom. The highest BCUT2D eigenvalue weighted by Gasteiger charge is 2.17. The fraction of sp³-hybridized carbons (Fsp3) is 0.643. The maximum atomic E-state index is 4.32. The van der Waals surface area contributed by atoms with Crippen LogP contribution in [0.3, 0.4) is 0 Å². The van der Waals surface area contributed by atoms with Gasteiger partial charge in [-0.1, -0.05) is 40.8 Å². The molecule has 0 aromatic carbocycles. The van der Waals surface area contributed by atoms with Crippen LogP contribution in [0.5, 0.6) is 0 Å². The average molecular weight is 297 g/mol. The van der Waals surface area contributed by atoms with Crippen LogP contribution < -0.4 is 0 Å². The number of aryl methyl sites for hydroxylation is 1. The molecule has 17 heavy (non-hydrogen) atoms. The van der Waals surface area contributed by atoms with Crippen molar-refractivity contribution in [2.24, 2.45) is 5.92 Å². The molecule has 0 bridgehead atoms. The smallest absolute Gasteiger partial charge is 0.0609 e. The molecule has 0 radical (unpaired) electrons. The van der Waals surface area contributed by atoms with E-state index in [0.29, 0.717) is 0 Å². The summed E-state index contributed by atoms with van der Waals surface area (Å²) in [5.41, 5.74) is 2.78. The van der Waals surface area contributed by atoms with Crippen LogP contribution in [-0.4, -0.2) is 15.1 Å². The number of hydrogen-bond acceptors (Lipinski definition) is 1. The lowest BCUT2D eigenvalue weighted by Gasteiger charge is -2.23. The van der Waals surface area contributed by atoms with Crippen LogP contribution in [0.15, 0.2) is 17.8 Å². The molecule has 3 heteroatoms. The van der Waals surface area contributed by atoms with Crippen molar-refractivity contribution in [2.45, 2.75) is 45.6 Å². The minimum Gasteiger partial charge on any atom is -0.266 e.